The van der Waals surface area contributed by atoms with Crippen molar-refractivity contribution in [2.75, 3.05) is 13.1 Å². The minimum Gasteiger partial charge on any atom is -0.207 e. The lowest BCUT2D eigenvalue weighted by Crippen LogP contribution is -2.42. The minimum atomic E-state index is -3.41. The van der Waals surface area contributed by atoms with Crippen molar-refractivity contribution in [3.63, 3.8) is 0 Å². The minimum absolute atomic E-state index is 0.173. The van der Waals surface area contributed by atoms with E-state index in [4.69, 9.17) is 11.6 Å². The van der Waals surface area contributed by atoms with Gasteiger partial charge in [-0.2, -0.15) is 4.31 Å². The van der Waals surface area contributed by atoms with Crippen molar-refractivity contribution in [3.8, 4) is 0 Å². The lowest BCUT2D eigenvalue weighted by Gasteiger charge is -2.30. The molecule has 2 rings (SSSR count). The third-order valence-corrected chi connectivity index (χ3v) is 5.68. The lowest BCUT2D eigenvalue weighted by molar-refractivity contribution is 0.309. The van der Waals surface area contributed by atoms with E-state index in [2.05, 4.69) is 15.9 Å². The highest BCUT2D eigenvalue weighted by Crippen LogP contribution is 2.33. The fourth-order valence-corrected chi connectivity index (χ4v) is 4.57. The van der Waals surface area contributed by atoms with Crippen LogP contribution in [0.15, 0.2) is 27.6 Å². The summed E-state index contributed by atoms with van der Waals surface area (Å²) in [6.45, 7) is 1.17. The Morgan fingerprint density at radius 1 is 1.33 bits per heavy atom. The van der Waals surface area contributed by atoms with Gasteiger partial charge < -0.3 is 0 Å². The molecule has 1 fully saturated rings. The van der Waals surface area contributed by atoms with Crippen molar-refractivity contribution in [1.82, 2.24) is 4.31 Å². The topological polar surface area (TPSA) is 37.4 Å². The Bertz CT molecular complexity index is 465. The molecule has 3 nitrogen and oxygen atoms in total. The molecule has 0 aliphatic carbocycles. The molecule has 0 unspecified atom stereocenters. The first-order valence-corrected chi connectivity index (χ1v) is 7.09. The second-order valence-electron chi connectivity index (χ2n) is 3.31. The van der Waals surface area contributed by atoms with E-state index in [1.165, 1.54) is 4.31 Å². The summed E-state index contributed by atoms with van der Waals surface area (Å²) in [5.41, 5.74) is 0. The number of hydrogen-bond donors (Lipinski definition) is 0. The van der Waals surface area contributed by atoms with Gasteiger partial charge in [0.15, 0.2) is 0 Å². The summed E-state index contributed by atoms with van der Waals surface area (Å²) in [4.78, 5) is 0.173. The molecule has 1 heterocycles. The fourth-order valence-electron chi connectivity index (χ4n) is 1.39. The van der Waals surface area contributed by atoms with Crippen LogP contribution in [0.3, 0.4) is 0 Å². The summed E-state index contributed by atoms with van der Waals surface area (Å²) in [6, 6.07) is 4.97. The van der Waals surface area contributed by atoms with Crippen molar-refractivity contribution in [3.05, 3.63) is 27.7 Å². The fraction of sp³-hybridized carbons (Fsp3) is 0.333. The second-order valence-corrected chi connectivity index (χ2v) is 6.44. The first kappa shape index (κ1) is 11.4. The Balaban J connectivity index is 2.53. The maximum absolute atomic E-state index is 12.1. The zero-order valence-corrected chi connectivity index (χ0v) is 10.9. The number of halogens is 2. The van der Waals surface area contributed by atoms with Gasteiger partial charge >= 0.3 is 0 Å². The van der Waals surface area contributed by atoms with Crippen LogP contribution in [-0.2, 0) is 10.0 Å². The van der Waals surface area contributed by atoms with Crippen molar-refractivity contribution < 1.29 is 8.42 Å². The van der Waals surface area contributed by atoms with Crippen LogP contribution in [-0.4, -0.2) is 25.8 Å². The summed E-state index contributed by atoms with van der Waals surface area (Å²) in [5, 5.41) is 0.260. The van der Waals surface area contributed by atoms with Gasteiger partial charge in [-0.3, -0.25) is 0 Å². The molecule has 0 aromatic heterocycles. The number of sulfonamides is 1. The molecule has 15 heavy (non-hydrogen) atoms. The summed E-state index contributed by atoms with van der Waals surface area (Å²) in [7, 11) is -3.41. The summed E-state index contributed by atoms with van der Waals surface area (Å²) in [5.74, 6) is 0. The first-order valence-electron chi connectivity index (χ1n) is 4.47. The number of rotatable bonds is 2. The van der Waals surface area contributed by atoms with E-state index >= 15 is 0 Å². The Kier molecular flexibility index (Phi) is 3.07. The standard InChI is InChI=1S/C9H9BrClNO2S/c10-7-3-1-4-8(11)9(7)15(13,14)12-5-2-6-12/h1,3-4H,2,5-6H2. The molecule has 0 atom stereocenters. The number of benzene rings is 1. The molecule has 0 amide bonds. The summed E-state index contributed by atoms with van der Waals surface area (Å²) >= 11 is 9.12. The van der Waals surface area contributed by atoms with Gasteiger partial charge in [-0.1, -0.05) is 17.7 Å². The van der Waals surface area contributed by atoms with Gasteiger partial charge in [0.25, 0.3) is 0 Å². The predicted octanol–water partition coefficient (Wildman–Crippen LogP) is 2.50. The van der Waals surface area contributed by atoms with Gasteiger partial charge in [-0.05, 0) is 34.5 Å². The highest BCUT2D eigenvalue weighted by atomic mass is 79.9. The maximum atomic E-state index is 12.1. The zero-order chi connectivity index (χ0) is 11.1. The third-order valence-electron chi connectivity index (χ3n) is 2.33. The molecule has 0 N–H and O–H groups in total. The summed E-state index contributed by atoms with van der Waals surface area (Å²) in [6.07, 6.45) is 0.918. The van der Waals surface area contributed by atoms with Crippen LogP contribution in [0.4, 0.5) is 0 Å². The smallest absolute Gasteiger partial charge is 0.207 e. The molecule has 82 valence electrons. The number of hydrogen-bond acceptors (Lipinski definition) is 2. The Labute approximate surface area is 102 Å². The molecule has 1 aliphatic rings. The Morgan fingerprint density at radius 2 is 2.00 bits per heavy atom. The quantitative estimate of drug-likeness (QED) is 0.841. The van der Waals surface area contributed by atoms with Gasteiger partial charge in [0.05, 0.1) is 5.02 Å². The molecular formula is C9H9BrClNO2S. The molecule has 0 saturated carbocycles. The molecule has 1 aromatic carbocycles. The lowest BCUT2D eigenvalue weighted by atomic mass is 10.3. The molecule has 0 spiro atoms. The van der Waals surface area contributed by atoms with Crippen LogP contribution in [0.1, 0.15) is 6.42 Å². The average molecular weight is 311 g/mol. The van der Waals surface area contributed by atoms with Crippen LogP contribution >= 0.6 is 27.5 Å². The van der Waals surface area contributed by atoms with Crippen LogP contribution in [0.25, 0.3) is 0 Å². The molecule has 1 saturated heterocycles. The van der Waals surface area contributed by atoms with Gasteiger partial charge in [-0.15, -0.1) is 0 Å². The van der Waals surface area contributed by atoms with Crippen molar-refractivity contribution in [2.24, 2.45) is 0 Å². The third kappa shape index (κ3) is 1.93. The summed E-state index contributed by atoms with van der Waals surface area (Å²) < 4.78 is 26.1. The predicted molar refractivity (Wildman–Crippen MR) is 62.5 cm³/mol. The van der Waals surface area contributed by atoms with Crippen LogP contribution in [0.2, 0.25) is 5.02 Å². The molecule has 0 bridgehead atoms. The van der Waals surface area contributed by atoms with Crippen LogP contribution < -0.4 is 0 Å². The van der Waals surface area contributed by atoms with E-state index in [0.717, 1.165) is 6.42 Å². The monoisotopic (exact) mass is 309 g/mol. The highest BCUT2D eigenvalue weighted by Gasteiger charge is 2.32. The first-order chi connectivity index (χ1) is 7.03. The van der Waals surface area contributed by atoms with Crippen LogP contribution in [0, 0.1) is 0 Å². The van der Waals surface area contributed by atoms with E-state index in [0.29, 0.717) is 17.6 Å². The Morgan fingerprint density at radius 3 is 2.47 bits per heavy atom. The van der Waals surface area contributed by atoms with Gasteiger partial charge in [0.1, 0.15) is 4.90 Å². The maximum Gasteiger partial charge on any atom is 0.245 e. The molecule has 1 aromatic rings. The molecule has 1 aliphatic heterocycles. The van der Waals surface area contributed by atoms with Gasteiger partial charge in [0, 0.05) is 17.6 Å². The van der Waals surface area contributed by atoms with Crippen molar-refractivity contribution >= 4 is 37.6 Å². The number of nitrogens with zero attached hydrogens (tertiary/aromatic N) is 1. The second kappa shape index (κ2) is 4.05. The zero-order valence-electron chi connectivity index (χ0n) is 7.78. The van der Waals surface area contributed by atoms with Crippen molar-refractivity contribution in [1.29, 1.82) is 0 Å². The normalized spacial score (nSPS) is 17.5. The Hall–Kier alpha value is -0.100. The van der Waals surface area contributed by atoms with E-state index < -0.39 is 10.0 Å². The van der Waals surface area contributed by atoms with Gasteiger partial charge in [0.2, 0.25) is 10.0 Å². The van der Waals surface area contributed by atoms with E-state index in [9.17, 15) is 8.42 Å². The molecule has 6 heteroatoms. The van der Waals surface area contributed by atoms with Crippen LogP contribution in [0.5, 0.6) is 0 Å². The van der Waals surface area contributed by atoms with E-state index in [1.54, 1.807) is 18.2 Å². The molecule has 0 radical (unpaired) electrons. The SMILES string of the molecule is O=S(=O)(c1c(Cl)cccc1Br)N1CCC1. The van der Waals surface area contributed by atoms with E-state index in [1.807, 2.05) is 0 Å². The average Bonchev–Trinajstić information content (AvgIpc) is 1.97. The van der Waals surface area contributed by atoms with Crippen molar-refractivity contribution in [2.45, 2.75) is 11.3 Å². The highest BCUT2D eigenvalue weighted by molar-refractivity contribution is 9.10. The van der Waals surface area contributed by atoms with Gasteiger partial charge in [-0.25, -0.2) is 8.42 Å². The molecular weight excluding hydrogens is 302 g/mol. The van der Waals surface area contributed by atoms with E-state index in [-0.39, 0.29) is 9.92 Å². The largest absolute Gasteiger partial charge is 0.245 e.